The van der Waals surface area contributed by atoms with Crippen LogP contribution in [0.2, 0.25) is 0 Å². The van der Waals surface area contributed by atoms with E-state index in [0.29, 0.717) is 19.6 Å². The number of benzene rings is 1. The number of guanidine groups is 2. The number of ether oxygens (including phenoxy) is 2. The highest BCUT2D eigenvalue weighted by Gasteiger charge is 2.42. The highest BCUT2D eigenvalue weighted by molar-refractivity contribution is 5.95. The zero-order valence-corrected chi connectivity index (χ0v) is 15.2. The number of nitrogens with zero attached hydrogens (tertiary/aromatic N) is 3. The maximum atomic E-state index is 6.06. The lowest BCUT2D eigenvalue weighted by molar-refractivity contribution is -0.178. The molecule has 1 fully saturated rings. The van der Waals surface area contributed by atoms with Crippen LogP contribution in [0.5, 0.6) is 11.5 Å². The Labute approximate surface area is 153 Å². The Morgan fingerprint density at radius 3 is 2.42 bits per heavy atom. The maximum absolute atomic E-state index is 6.06. The van der Waals surface area contributed by atoms with Gasteiger partial charge in [0.1, 0.15) is 11.5 Å². The fourth-order valence-corrected chi connectivity index (χ4v) is 3.36. The topological polar surface area (TPSA) is 108 Å². The van der Waals surface area contributed by atoms with Gasteiger partial charge in [0.2, 0.25) is 11.9 Å². The second kappa shape index (κ2) is 8.27. The van der Waals surface area contributed by atoms with Gasteiger partial charge in [-0.15, -0.1) is 0 Å². The van der Waals surface area contributed by atoms with E-state index in [4.69, 9.17) is 25.8 Å². The van der Waals surface area contributed by atoms with Gasteiger partial charge in [-0.1, -0.05) is 6.42 Å². The molecule has 1 spiro atoms. The standard InChI is InChI=1S/C18H27N5O3/c1-24-14-6-8-15(9-7-14)25-12-5-13-26-23-17(20)21-16(19)22-18(23)10-3-2-4-11-18/h6-9H,2-5,10-13H2,1H3,(H4,19,20,21,22). The summed E-state index contributed by atoms with van der Waals surface area (Å²) in [7, 11) is 1.64. The first-order valence-corrected chi connectivity index (χ1v) is 9.02. The minimum Gasteiger partial charge on any atom is -0.497 e. The summed E-state index contributed by atoms with van der Waals surface area (Å²) in [4.78, 5) is 14.5. The molecule has 0 bridgehead atoms. The average molecular weight is 361 g/mol. The molecule has 1 heterocycles. The van der Waals surface area contributed by atoms with Gasteiger partial charge in [0.25, 0.3) is 0 Å². The molecule has 0 saturated heterocycles. The minimum atomic E-state index is -0.509. The third-order valence-corrected chi connectivity index (χ3v) is 4.63. The van der Waals surface area contributed by atoms with Crippen LogP contribution in [-0.2, 0) is 4.84 Å². The van der Waals surface area contributed by atoms with Crippen molar-refractivity contribution in [3.05, 3.63) is 24.3 Å². The molecule has 0 aromatic heterocycles. The first kappa shape index (κ1) is 18.3. The molecular formula is C18H27N5O3. The zero-order chi connectivity index (χ0) is 18.4. The Morgan fingerprint density at radius 1 is 1.04 bits per heavy atom. The van der Waals surface area contributed by atoms with Crippen LogP contribution in [-0.4, -0.2) is 43.0 Å². The lowest BCUT2D eigenvalue weighted by Gasteiger charge is -2.44. The van der Waals surface area contributed by atoms with Crippen molar-refractivity contribution >= 4 is 11.9 Å². The number of rotatable bonds is 7. The van der Waals surface area contributed by atoms with E-state index >= 15 is 0 Å². The molecule has 0 atom stereocenters. The van der Waals surface area contributed by atoms with Gasteiger partial charge in [-0.3, -0.25) is 4.84 Å². The number of hydrogen-bond donors (Lipinski definition) is 2. The van der Waals surface area contributed by atoms with Crippen molar-refractivity contribution in [3.63, 3.8) is 0 Å². The van der Waals surface area contributed by atoms with E-state index in [1.54, 1.807) is 12.2 Å². The minimum absolute atomic E-state index is 0.229. The number of methoxy groups -OCH3 is 1. The number of hydroxylamine groups is 2. The van der Waals surface area contributed by atoms with Gasteiger partial charge in [0.15, 0.2) is 5.66 Å². The normalized spacial score (nSPS) is 19.0. The van der Waals surface area contributed by atoms with Gasteiger partial charge in [-0.25, -0.2) is 4.99 Å². The summed E-state index contributed by atoms with van der Waals surface area (Å²) in [5.74, 6) is 2.10. The number of nitrogens with two attached hydrogens (primary N) is 2. The molecule has 0 radical (unpaired) electrons. The maximum Gasteiger partial charge on any atom is 0.226 e. The van der Waals surface area contributed by atoms with Crippen molar-refractivity contribution in [2.24, 2.45) is 21.5 Å². The lowest BCUT2D eigenvalue weighted by atomic mass is 9.89. The van der Waals surface area contributed by atoms with Crippen LogP contribution in [0.1, 0.15) is 38.5 Å². The molecule has 1 aromatic carbocycles. The predicted octanol–water partition coefficient (Wildman–Crippen LogP) is 2.00. The third kappa shape index (κ3) is 4.19. The molecule has 142 valence electrons. The molecule has 1 aliphatic carbocycles. The summed E-state index contributed by atoms with van der Waals surface area (Å²) in [6.07, 6.45) is 5.79. The fraction of sp³-hybridized carbons (Fsp3) is 0.556. The summed E-state index contributed by atoms with van der Waals surface area (Å²) < 4.78 is 10.8. The van der Waals surface area contributed by atoms with E-state index in [1.807, 2.05) is 24.3 Å². The van der Waals surface area contributed by atoms with Crippen LogP contribution in [0.15, 0.2) is 34.3 Å². The van der Waals surface area contributed by atoms with Crippen molar-refractivity contribution in [2.75, 3.05) is 20.3 Å². The Kier molecular flexibility index (Phi) is 5.82. The lowest BCUT2D eigenvalue weighted by Crippen LogP contribution is -2.57. The molecule has 1 aliphatic heterocycles. The summed E-state index contributed by atoms with van der Waals surface area (Å²) in [5.41, 5.74) is 11.4. The van der Waals surface area contributed by atoms with Crippen molar-refractivity contribution in [3.8, 4) is 11.5 Å². The Bertz CT molecular complexity index is 653. The summed E-state index contributed by atoms with van der Waals surface area (Å²) in [6.45, 7) is 0.999. The second-order valence-corrected chi connectivity index (χ2v) is 6.49. The van der Waals surface area contributed by atoms with Crippen molar-refractivity contribution in [1.29, 1.82) is 0 Å². The molecule has 0 amide bonds. The van der Waals surface area contributed by atoms with Crippen LogP contribution in [0.4, 0.5) is 0 Å². The highest BCUT2D eigenvalue weighted by atomic mass is 16.7. The average Bonchev–Trinajstić information content (AvgIpc) is 2.64. The predicted molar refractivity (Wildman–Crippen MR) is 100.0 cm³/mol. The van der Waals surface area contributed by atoms with E-state index in [9.17, 15) is 0 Å². The van der Waals surface area contributed by atoms with Crippen molar-refractivity contribution in [2.45, 2.75) is 44.2 Å². The third-order valence-electron chi connectivity index (χ3n) is 4.63. The van der Waals surface area contributed by atoms with Crippen molar-refractivity contribution < 1.29 is 14.3 Å². The number of aliphatic imine (C=N–C) groups is 2. The first-order chi connectivity index (χ1) is 12.6. The van der Waals surface area contributed by atoms with Gasteiger partial charge >= 0.3 is 0 Å². The molecule has 1 saturated carbocycles. The van der Waals surface area contributed by atoms with Crippen LogP contribution in [0.3, 0.4) is 0 Å². The molecule has 4 N–H and O–H groups in total. The summed E-state index contributed by atoms with van der Waals surface area (Å²) in [6, 6.07) is 7.49. The van der Waals surface area contributed by atoms with E-state index < -0.39 is 5.66 Å². The van der Waals surface area contributed by atoms with Gasteiger partial charge < -0.3 is 20.9 Å². The van der Waals surface area contributed by atoms with Crippen LogP contribution in [0, 0.1) is 0 Å². The van der Waals surface area contributed by atoms with E-state index in [0.717, 1.165) is 37.2 Å². The Balaban J connectivity index is 1.49. The number of hydrogen-bond acceptors (Lipinski definition) is 8. The summed E-state index contributed by atoms with van der Waals surface area (Å²) >= 11 is 0. The van der Waals surface area contributed by atoms with E-state index in [-0.39, 0.29) is 11.9 Å². The van der Waals surface area contributed by atoms with Gasteiger partial charge in [0, 0.05) is 6.42 Å². The first-order valence-electron chi connectivity index (χ1n) is 9.02. The van der Waals surface area contributed by atoms with Crippen molar-refractivity contribution in [1.82, 2.24) is 5.06 Å². The molecule has 0 unspecified atom stereocenters. The Morgan fingerprint density at radius 2 is 1.73 bits per heavy atom. The molecule has 1 aromatic rings. The monoisotopic (exact) mass is 361 g/mol. The smallest absolute Gasteiger partial charge is 0.226 e. The molecular weight excluding hydrogens is 334 g/mol. The van der Waals surface area contributed by atoms with Crippen LogP contribution < -0.4 is 20.9 Å². The van der Waals surface area contributed by atoms with E-state index in [2.05, 4.69) is 9.98 Å². The largest absolute Gasteiger partial charge is 0.497 e. The van der Waals surface area contributed by atoms with Crippen LogP contribution >= 0.6 is 0 Å². The SMILES string of the molecule is COc1ccc(OCCCON2C(N)=NC(N)=NC23CCCCC3)cc1. The fourth-order valence-electron chi connectivity index (χ4n) is 3.36. The molecule has 2 aliphatic rings. The van der Waals surface area contributed by atoms with Gasteiger partial charge in [-0.2, -0.15) is 10.1 Å². The Hall–Kier alpha value is -2.48. The molecule has 26 heavy (non-hydrogen) atoms. The van der Waals surface area contributed by atoms with Gasteiger partial charge in [-0.05, 0) is 49.9 Å². The van der Waals surface area contributed by atoms with E-state index in [1.165, 1.54) is 6.42 Å². The highest BCUT2D eigenvalue weighted by Crippen LogP contribution is 2.36. The summed E-state index contributed by atoms with van der Waals surface area (Å²) in [5, 5.41) is 1.65. The second-order valence-electron chi connectivity index (χ2n) is 6.49. The zero-order valence-electron chi connectivity index (χ0n) is 15.2. The quantitative estimate of drug-likeness (QED) is 0.719. The molecule has 8 heteroatoms. The molecule has 8 nitrogen and oxygen atoms in total. The van der Waals surface area contributed by atoms with Crippen LogP contribution in [0.25, 0.3) is 0 Å². The van der Waals surface area contributed by atoms with Gasteiger partial charge in [0.05, 0.1) is 20.3 Å². The molecule has 3 rings (SSSR count).